The van der Waals surface area contributed by atoms with E-state index in [-0.39, 0.29) is 0 Å². The lowest BCUT2D eigenvalue weighted by molar-refractivity contribution is 0.412. The van der Waals surface area contributed by atoms with Gasteiger partial charge in [0.25, 0.3) is 0 Å². The summed E-state index contributed by atoms with van der Waals surface area (Å²) in [6.07, 6.45) is 4.59. The number of hydrogen-bond donors (Lipinski definition) is 0. The van der Waals surface area contributed by atoms with Crippen LogP contribution in [0.5, 0.6) is 0 Å². The standard InChI is InChI=1S/C16H21BrN4/c1-20(2)10-11-21(16-18-12-15(17)13-19-16)9-8-14-6-4-3-5-7-14/h3-7,12-13H,8-11H2,1-2H3. The molecular formula is C16H21BrN4. The van der Waals surface area contributed by atoms with Gasteiger partial charge in [0.05, 0.1) is 4.47 Å². The Kier molecular flexibility index (Phi) is 6.14. The van der Waals surface area contributed by atoms with Gasteiger partial charge in [-0.05, 0) is 42.0 Å². The zero-order valence-corrected chi connectivity index (χ0v) is 14.1. The van der Waals surface area contributed by atoms with Crippen molar-refractivity contribution in [2.24, 2.45) is 0 Å². The van der Waals surface area contributed by atoms with Crippen molar-refractivity contribution in [1.29, 1.82) is 0 Å². The summed E-state index contributed by atoms with van der Waals surface area (Å²) in [5.74, 6) is 0.788. The number of rotatable bonds is 7. The van der Waals surface area contributed by atoms with Crippen LogP contribution in [0, 0.1) is 0 Å². The third-order valence-electron chi connectivity index (χ3n) is 3.22. The molecule has 112 valence electrons. The van der Waals surface area contributed by atoms with Crippen molar-refractivity contribution in [2.75, 3.05) is 38.6 Å². The van der Waals surface area contributed by atoms with Gasteiger partial charge in [0.2, 0.25) is 5.95 Å². The fraction of sp³-hybridized carbons (Fsp3) is 0.375. The molecule has 0 radical (unpaired) electrons. The predicted molar refractivity (Wildman–Crippen MR) is 90.6 cm³/mol. The highest BCUT2D eigenvalue weighted by Gasteiger charge is 2.10. The molecule has 5 heteroatoms. The minimum absolute atomic E-state index is 0.788. The van der Waals surface area contributed by atoms with Crippen LogP contribution in [-0.4, -0.2) is 48.6 Å². The van der Waals surface area contributed by atoms with Gasteiger partial charge in [0.1, 0.15) is 0 Å². The SMILES string of the molecule is CN(C)CCN(CCc1ccccc1)c1ncc(Br)cn1. The number of aromatic nitrogens is 2. The summed E-state index contributed by atoms with van der Waals surface area (Å²) in [5, 5.41) is 0. The zero-order chi connectivity index (χ0) is 15.1. The van der Waals surface area contributed by atoms with Crippen LogP contribution in [0.1, 0.15) is 5.56 Å². The first-order chi connectivity index (χ1) is 10.1. The van der Waals surface area contributed by atoms with E-state index in [9.17, 15) is 0 Å². The molecule has 0 aliphatic rings. The summed E-state index contributed by atoms with van der Waals surface area (Å²) in [5.41, 5.74) is 1.34. The van der Waals surface area contributed by atoms with E-state index in [2.05, 4.69) is 74.1 Å². The van der Waals surface area contributed by atoms with Crippen LogP contribution in [0.3, 0.4) is 0 Å². The van der Waals surface area contributed by atoms with Crippen LogP contribution in [0.25, 0.3) is 0 Å². The Morgan fingerprint density at radius 3 is 2.24 bits per heavy atom. The van der Waals surface area contributed by atoms with Crippen LogP contribution < -0.4 is 4.90 Å². The van der Waals surface area contributed by atoms with E-state index in [1.807, 2.05) is 6.07 Å². The first-order valence-electron chi connectivity index (χ1n) is 7.06. The molecule has 0 fully saturated rings. The number of hydrogen-bond acceptors (Lipinski definition) is 4. The number of likely N-dealkylation sites (N-methyl/N-ethyl adjacent to an activating group) is 1. The molecule has 2 aromatic rings. The lowest BCUT2D eigenvalue weighted by Gasteiger charge is -2.24. The molecule has 21 heavy (non-hydrogen) atoms. The van der Waals surface area contributed by atoms with Crippen molar-refractivity contribution in [2.45, 2.75) is 6.42 Å². The van der Waals surface area contributed by atoms with Gasteiger partial charge < -0.3 is 9.80 Å². The van der Waals surface area contributed by atoms with E-state index in [4.69, 9.17) is 0 Å². The smallest absolute Gasteiger partial charge is 0.225 e. The number of halogens is 1. The highest BCUT2D eigenvalue weighted by atomic mass is 79.9. The number of benzene rings is 1. The van der Waals surface area contributed by atoms with Gasteiger partial charge in [-0.25, -0.2) is 9.97 Å². The highest BCUT2D eigenvalue weighted by molar-refractivity contribution is 9.10. The Morgan fingerprint density at radius 2 is 1.62 bits per heavy atom. The van der Waals surface area contributed by atoms with Crippen LogP contribution in [0.4, 0.5) is 5.95 Å². The van der Waals surface area contributed by atoms with E-state index in [1.54, 1.807) is 12.4 Å². The molecule has 0 spiro atoms. The molecule has 0 saturated carbocycles. The van der Waals surface area contributed by atoms with Gasteiger partial charge in [-0.1, -0.05) is 30.3 Å². The molecule has 1 aromatic carbocycles. The highest BCUT2D eigenvalue weighted by Crippen LogP contribution is 2.12. The fourth-order valence-corrected chi connectivity index (χ4v) is 2.21. The van der Waals surface area contributed by atoms with Gasteiger partial charge in [0, 0.05) is 32.0 Å². The lowest BCUT2D eigenvalue weighted by atomic mass is 10.1. The van der Waals surface area contributed by atoms with Crippen molar-refractivity contribution in [1.82, 2.24) is 14.9 Å². The van der Waals surface area contributed by atoms with E-state index in [0.29, 0.717) is 0 Å². The summed E-state index contributed by atoms with van der Waals surface area (Å²) < 4.78 is 0.905. The first-order valence-corrected chi connectivity index (χ1v) is 7.85. The van der Waals surface area contributed by atoms with Crippen LogP contribution in [-0.2, 0) is 6.42 Å². The summed E-state index contributed by atoms with van der Waals surface area (Å²) in [6.45, 7) is 2.81. The molecule has 0 amide bonds. The molecule has 0 aliphatic heterocycles. The van der Waals surface area contributed by atoms with Crippen LogP contribution >= 0.6 is 15.9 Å². The topological polar surface area (TPSA) is 32.3 Å². The normalized spacial score (nSPS) is 10.9. The Morgan fingerprint density at radius 1 is 0.952 bits per heavy atom. The van der Waals surface area contributed by atoms with Crippen molar-refractivity contribution in [3.63, 3.8) is 0 Å². The maximum Gasteiger partial charge on any atom is 0.225 e. The molecular weight excluding hydrogens is 328 g/mol. The second kappa shape index (κ2) is 8.10. The number of anilines is 1. The molecule has 0 N–H and O–H groups in total. The average molecular weight is 349 g/mol. The van der Waals surface area contributed by atoms with Gasteiger partial charge in [0.15, 0.2) is 0 Å². The lowest BCUT2D eigenvalue weighted by Crippen LogP contribution is -2.34. The molecule has 1 aromatic heterocycles. The van der Waals surface area contributed by atoms with E-state index in [0.717, 1.165) is 36.5 Å². The van der Waals surface area contributed by atoms with Crippen LogP contribution in [0.15, 0.2) is 47.2 Å². The molecule has 0 bridgehead atoms. The monoisotopic (exact) mass is 348 g/mol. The van der Waals surface area contributed by atoms with E-state index in [1.165, 1.54) is 5.56 Å². The Hall–Kier alpha value is -1.46. The van der Waals surface area contributed by atoms with Gasteiger partial charge in [-0.15, -0.1) is 0 Å². The molecule has 1 heterocycles. The average Bonchev–Trinajstić information content (AvgIpc) is 2.49. The quantitative estimate of drug-likeness (QED) is 0.770. The van der Waals surface area contributed by atoms with Crippen molar-refractivity contribution < 1.29 is 0 Å². The van der Waals surface area contributed by atoms with Gasteiger partial charge in [-0.2, -0.15) is 0 Å². The summed E-state index contributed by atoms with van der Waals surface area (Å²) >= 11 is 3.38. The Labute approximate surface area is 135 Å². The van der Waals surface area contributed by atoms with Crippen molar-refractivity contribution in [3.05, 3.63) is 52.8 Å². The molecule has 0 saturated heterocycles. The second-order valence-corrected chi connectivity index (χ2v) is 6.14. The predicted octanol–water partition coefficient (Wildman–Crippen LogP) is 2.85. The summed E-state index contributed by atoms with van der Waals surface area (Å²) in [6, 6.07) is 10.5. The Balaban J connectivity index is 2.03. The molecule has 2 rings (SSSR count). The number of nitrogens with zero attached hydrogens (tertiary/aromatic N) is 4. The third kappa shape index (κ3) is 5.44. The van der Waals surface area contributed by atoms with Gasteiger partial charge in [-0.3, -0.25) is 0 Å². The van der Waals surface area contributed by atoms with Crippen molar-refractivity contribution in [3.8, 4) is 0 Å². The summed E-state index contributed by atoms with van der Waals surface area (Å²) in [7, 11) is 4.16. The zero-order valence-electron chi connectivity index (χ0n) is 12.5. The second-order valence-electron chi connectivity index (χ2n) is 5.23. The Bertz CT molecular complexity index is 528. The maximum absolute atomic E-state index is 4.42. The van der Waals surface area contributed by atoms with Crippen molar-refractivity contribution >= 4 is 21.9 Å². The first kappa shape index (κ1) is 15.9. The minimum atomic E-state index is 0.788. The third-order valence-corrected chi connectivity index (χ3v) is 3.63. The van der Waals surface area contributed by atoms with E-state index < -0.39 is 0 Å². The maximum atomic E-state index is 4.42. The summed E-state index contributed by atoms with van der Waals surface area (Å²) in [4.78, 5) is 13.2. The van der Waals surface area contributed by atoms with Crippen LogP contribution in [0.2, 0.25) is 0 Å². The molecule has 0 aliphatic carbocycles. The molecule has 4 nitrogen and oxygen atoms in total. The largest absolute Gasteiger partial charge is 0.339 e. The minimum Gasteiger partial charge on any atom is -0.339 e. The van der Waals surface area contributed by atoms with E-state index >= 15 is 0 Å². The van der Waals surface area contributed by atoms with Gasteiger partial charge >= 0.3 is 0 Å². The fourth-order valence-electron chi connectivity index (χ4n) is 2.01. The molecule has 0 atom stereocenters. The molecule has 0 unspecified atom stereocenters.